The highest BCUT2D eigenvalue weighted by atomic mass is 32.2. The number of piperazine rings is 1. The molecule has 1 amide bonds. The van der Waals surface area contributed by atoms with Gasteiger partial charge >= 0.3 is 0 Å². The van der Waals surface area contributed by atoms with Gasteiger partial charge in [-0.3, -0.25) is 4.79 Å². The Kier molecular flexibility index (Phi) is 6.35. The highest BCUT2D eigenvalue weighted by molar-refractivity contribution is 7.89. The van der Waals surface area contributed by atoms with Crippen LogP contribution in [0.2, 0.25) is 0 Å². The van der Waals surface area contributed by atoms with Crippen molar-refractivity contribution in [2.24, 2.45) is 0 Å². The Morgan fingerprint density at radius 3 is 2.19 bits per heavy atom. The van der Waals surface area contributed by atoms with E-state index in [-0.39, 0.29) is 29.5 Å². The van der Waals surface area contributed by atoms with Gasteiger partial charge in [0.15, 0.2) is 0 Å². The van der Waals surface area contributed by atoms with Gasteiger partial charge in [-0.2, -0.15) is 9.57 Å². The lowest BCUT2D eigenvalue weighted by atomic mass is 9.99. The summed E-state index contributed by atoms with van der Waals surface area (Å²) in [6.07, 6.45) is 0.655. The molecule has 0 bridgehead atoms. The molecule has 32 heavy (non-hydrogen) atoms. The fourth-order valence-corrected chi connectivity index (χ4v) is 5.49. The van der Waals surface area contributed by atoms with Crippen molar-refractivity contribution in [2.75, 3.05) is 26.2 Å². The van der Waals surface area contributed by atoms with Crippen molar-refractivity contribution in [2.45, 2.75) is 11.3 Å². The summed E-state index contributed by atoms with van der Waals surface area (Å²) in [5.41, 5.74) is 2.84. The molecule has 3 aromatic carbocycles. The molecule has 0 atom stereocenters. The molecule has 1 saturated heterocycles. The number of hydrogen-bond acceptors (Lipinski definition) is 4. The first-order valence-corrected chi connectivity index (χ1v) is 11.8. The number of rotatable bonds is 5. The number of hydrogen-bond donors (Lipinski definition) is 0. The zero-order valence-corrected chi connectivity index (χ0v) is 18.3. The van der Waals surface area contributed by atoms with Crippen LogP contribution in [0.1, 0.15) is 27.0 Å². The number of sulfonamides is 1. The minimum absolute atomic E-state index is 0.00971. The van der Waals surface area contributed by atoms with Crippen molar-refractivity contribution in [3.05, 3.63) is 101 Å². The molecule has 162 valence electrons. The molecule has 0 saturated carbocycles. The average molecular weight is 446 g/mol. The predicted octanol–water partition coefficient (Wildman–Crippen LogP) is 3.30. The van der Waals surface area contributed by atoms with Gasteiger partial charge in [-0.05, 0) is 35.7 Å². The Bertz CT molecular complexity index is 1260. The van der Waals surface area contributed by atoms with Crippen molar-refractivity contribution < 1.29 is 13.2 Å². The standard InChI is InChI=1S/C25H23N3O3S/c26-19-22-11-5-7-13-24(22)32(30,31)28-16-14-27(15-17-28)25(29)23-12-6-4-10-21(23)18-20-8-2-1-3-9-20/h1-13H,14-18H2. The summed E-state index contributed by atoms with van der Waals surface area (Å²) in [7, 11) is -3.79. The molecule has 7 heteroatoms. The first-order chi connectivity index (χ1) is 15.5. The van der Waals surface area contributed by atoms with Crippen LogP contribution in [0, 0.1) is 11.3 Å². The van der Waals surface area contributed by atoms with Crippen LogP contribution in [0.15, 0.2) is 83.8 Å². The fourth-order valence-electron chi connectivity index (χ4n) is 3.92. The number of carbonyl (C=O) groups excluding carboxylic acids is 1. The summed E-state index contributed by atoms with van der Waals surface area (Å²) in [4.78, 5) is 15.0. The smallest absolute Gasteiger partial charge is 0.254 e. The molecule has 3 aromatic rings. The van der Waals surface area contributed by atoms with Crippen molar-refractivity contribution >= 4 is 15.9 Å². The first-order valence-electron chi connectivity index (χ1n) is 10.4. The van der Waals surface area contributed by atoms with Gasteiger partial charge in [-0.25, -0.2) is 8.42 Å². The minimum atomic E-state index is -3.79. The van der Waals surface area contributed by atoms with Crippen LogP contribution in [-0.4, -0.2) is 49.7 Å². The zero-order valence-electron chi connectivity index (χ0n) is 17.5. The molecule has 0 N–H and O–H groups in total. The Morgan fingerprint density at radius 2 is 1.47 bits per heavy atom. The van der Waals surface area contributed by atoms with E-state index in [2.05, 4.69) is 0 Å². The van der Waals surface area contributed by atoms with E-state index in [0.29, 0.717) is 25.1 Å². The number of amides is 1. The summed E-state index contributed by atoms with van der Waals surface area (Å²) < 4.78 is 27.4. The number of nitriles is 1. The van der Waals surface area contributed by atoms with Crippen LogP contribution in [0.4, 0.5) is 0 Å². The van der Waals surface area contributed by atoms with Crippen LogP contribution >= 0.6 is 0 Å². The maximum Gasteiger partial charge on any atom is 0.254 e. The second-order valence-corrected chi connectivity index (χ2v) is 9.53. The molecule has 1 heterocycles. The van der Waals surface area contributed by atoms with E-state index in [0.717, 1.165) is 11.1 Å². The number of nitrogens with zero attached hydrogens (tertiary/aromatic N) is 3. The fraction of sp³-hybridized carbons (Fsp3) is 0.200. The molecule has 4 rings (SSSR count). The molecule has 0 unspecified atom stereocenters. The lowest BCUT2D eigenvalue weighted by Gasteiger charge is -2.34. The van der Waals surface area contributed by atoms with E-state index >= 15 is 0 Å². The SMILES string of the molecule is N#Cc1ccccc1S(=O)(=O)N1CCN(C(=O)c2ccccc2Cc2ccccc2)CC1. The molecule has 0 aliphatic carbocycles. The van der Waals surface area contributed by atoms with Crippen LogP contribution < -0.4 is 0 Å². The maximum absolute atomic E-state index is 13.3. The molecule has 1 aliphatic rings. The van der Waals surface area contributed by atoms with Gasteiger partial charge in [-0.15, -0.1) is 0 Å². The van der Waals surface area contributed by atoms with Crippen molar-refractivity contribution in [3.63, 3.8) is 0 Å². The van der Waals surface area contributed by atoms with E-state index in [4.69, 9.17) is 0 Å². The molecule has 0 spiro atoms. The molecular weight excluding hydrogens is 422 g/mol. The average Bonchev–Trinajstić information content (AvgIpc) is 2.84. The molecule has 0 radical (unpaired) electrons. The Balaban J connectivity index is 1.49. The van der Waals surface area contributed by atoms with Crippen LogP contribution in [0.25, 0.3) is 0 Å². The molecule has 1 fully saturated rings. The summed E-state index contributed by atoms with van der Waals surface area (Å²) >= 11 is 0. The summed E-state index contributed by atoms with van der Waals surface area (Å²) in [5.74, 6) is -0.0917. The van der Waals surface area contributed by atoms with Crippen LogP contribution in [0.3, 0.4) is 0 Å². The highest BCUT2D eigenvalue weighted by Gasteiger charge is 2.32. The lowest BCUT2D eigenvalue weighted by Crippen LogP contribution is -2.50. The van der Waals surface area contributed by atoms with E-state index in [1.807, 2.05) is 60.7 Å². The summed E-state index contributed by atoms with van der Waals surface area (Å²) in [6.45, 7) is 0.974. The second kappa shape index (κ2) is 9.35. The predicted molar refractivity (Wildman–Crippen MR) is 122 cm³/mol. The zero-order chi connectivity index (χ0) is 22.6. The first kappa shape index (κ1) is 21.8. The second-order valence-electron chi connectivity index (χ2n) is 7.62. The third-order valence-electron chi connectivity index (χ3n) is 5.64. The Morgan fingerprint density at radius 1 is 0.844 bits per heavy atom. The quantitative estimate of drug-likeness (QED) is 0.603. The molecular formula is C25H23N3O3S. The van der Waals surface area contributed by atoms with Crippen LogP contribution in [0.5, 0.6) is 0 Å². The number of carbonyl (C=O) groups is 1. The monoisotopic (exact) mass is 445 g/mol. The number of benzene rings is 3. The highest BCUT2D eigenvalue weighted by Crippen LogP contribution is 2.22. The third-order valence-corrected chi connectivity index (χ3v) is 7.59. The van der Waals surface area contributed by atoms with Gasteiger partial charge in [0.1, 0.15) is 6.07 Å². The van der Waals surface area contributed by atoms with E-state index < -0.39 is 10.0 Å². The van der Waals surface area contributed by atoms with Gasteiger partial charge in [0.25, 0.3) is 5.91 Å². The molecule has 1 aliphatic heterocycles. The molecule has 0 aromatic heterocycles. The van der Waals surface area contributed by atoms with E-state index in [1.54, 1.807) is 17.0 Å². The minimum Gasteiger partial charge on any atom is -0.336 e. The van der Waals surface area contributed by atoms with E-state index in [9.17, 15) is 18.5 Å². The summed E-state index contributed by atoms with van der Waals surface area (Å²) in [6, 6.07) is 25.7. The summed E-state index contributed by atoms with van der Waals surface area (Å²) in [5, 5.41) is 9.27. The Hall–Kier alpha value is -3.47. The van der Waals surface area contributed by atoms with Crippen molar-refractivity contribution in [3.8, 4) is 6.07 Å². The van der Waals surface area contributed by atoms with Gasteiger partial charge in [0.2, 0.25) is 10.0 Å². The lowest BCUT2D eigenvalue weighted by molar-refractivity contribution is 0.0697. The maximum atomic E-state index is 13.3. The van der Waals surface area contributed by atoms with Crippen molar-refractivity contribution in [1.29, 1.82) is 5.26 Å². The van der Waals surface area contributed by atoms with Crippen LogP contribution in [-0.2, 0) is 16.4 Å². The van der Waals surface area contributed by atoms with Crippen molar-refractivity contribution in [1.82, 2.24) is 9.21 Å². The van der Waals surface area contributed by atoms with E-state index in [1.165, 1.54) is 16.4 Å². The largest absolute Gasteiger partial charge is 0.336 e. The third kappa shape index (κ3) is 4.42. The van der Waals surface area contributed by atoms with Gasteiger partial charge < -0.3 is 4.90 Å². The van der Waals surface area contributed by atoms with Gasteiger partial charge in [0.05, 0.1) is 10.5 Å². The van der Waals surface area contributed by atoms with Gasteiger partial charge in [0, 0.05) is 31.7 Å². The molecule has 6 nitrogen and oxygen atoms in total. The van der Waals surface area contributed by atoms with Gasteiger partial charge in [-0.1, -0.05) is 60.7 Å². The topological polar surface area (TPSA) is 81.5 Å². The Labute approximate surface area is 188 Å². The normalized spacial score (nSPS) is 14.7.